The van der Waals surface area contributed by atoms with E-state index in [1.807, 2.05) is 12.4 Å². The van der Waals surface area contributed by atoms with Gasteiger partial charge in [-0.1, -0.05) is 37.5 Å². The highest BCUT2D eigenvalue weighted by Gasteiger charge is 2.38. The number of aromatic amines is 1. The Morgan fingerprint density at radius 2 is 2.07 bits per heavy atom. The van der Waals surface area contributed by atoms with Crippen molar-refractivity contribution >= 4 is 28.1 Å². The Bertz CT molecular complexity index is 1010. The number of hydrogen-bond acceptors (Lipinski definition) is 3. The molecule has 0 spiro atoms. The van der Waals surface area contributed by atoms with Gasteiger partial charge in [-0.15, -0.1) is 11.3 Å². The van der Waals surface area contributed by atoms with Crippen molar-refractivity contribution in [2.24, 2.45) is 5.92 Å². The van der Waals surface area contributed by atoms with Crippen LogP contribution in [0.4, 0.5) is 0 Å². The van der Waals surface area contributed by atoms with Crippen LogP contribution in [-0.4, -0.2) is 27.3 Å². The van der Waals surface area contributed by atoms with Gasteiger partial charge in [0.2, 0.25) is 5.91 Å². The molecule has 1 N–H and O–H groups in total. The highest BCUT2D eigenvalue weighted by Crippen LogP contribution is 2.43. The molecule has 5 heteroatoms. The van der Waals surface area contributed by atoms with E-state index in [0.29, 0.717) is 18.2 Å². The van der Waals surface area contributed by atoms with Gasteiger partial charge in [0.05, 0.1) is 17.2 Å². The monoisotopic (exact) mass is 407 g/mol. The van der Waals surface area contributed by atoms with Gasteiger partial charge in [-0.2, -0.15) is 0 Å². The average Bonchev–Trinajstić information content (AvgIpc) is 3.34. The standard InChI is InChI=1S/C24H29N3OS/c1-16-21(29-15-25-16)11-12-22(28)27-14-13-19-18-9-5-6-10-20(18)26-23(19)24(27)17-7-3-2-4-8-17/h5-6,9-10,15,17,24,26H,2-4,7-8,11-14H2,1H3/t24-/m0/s1. The van der Waals surface area contributed by atoms with Crippen molar-refractivity contribution in [1.29, 1.82) is 0 Å². The molecule has 3 aromatic rings. The minimum Gasteiger partial charge on any atom is -0.356 e. The SMILES string of the molecule is Cc1ncsc1CCC(=O)N1CCc2c([nH]c3ccccc23)[C@@H]1C1CCCCC1. The first kappa shape index (κ1) is 18.9. The summed E-state index contributed by atoms with van der Waals surface area (Å²) in [5, 5.41) is 1.34. The van der Waals surface area contributed by atoms with Crippen LogP contribution in [0.5, 0.6) is 0 Å². The van der Waals surface area contributed by atoms with Crippen molar-refractivity contribution in [3.63, 3.8) is 0 Å². The average molecular weight is 408 g/mol. The maximum Gasteiger partial charge on any atom is 0.223 e. The third-order valence-corrected chi connectivity index (χ3v) is 7.90. The molecule has 29 heavy (non-hydrogen) atoms. The number of carbonyl (C=O) groups is 1. The zero-order chi connectivity index (χ0) is 19.8. The Morgan fingerprint density at radius 3 is 2.86 bits per heavy atom. The van der Waals surface area contributed by atoms with E-state index in [9.17, 15) is 4.79 Å². The van der Waals surface area contributed by atoms with Gasteiger partial charge in [0, 0.05) is 34.4 Å². The van der Waals surface area contributed by atoms with Gasteiger partial charge in [-0.3, -0.25) is 4.79 Å². The van der Waals surface area contributed by atoms with E-state index in [4.69, 9.17) is 0 Å². The normalized spacial score (nSPS) is 20.2. The molecule has 1 aliphatic carbocycles. The highest BCUT2D eigenvalue weighted by molar-refractivity contribution is 7.09. The van der Waals surface area contributed by atoms with Crippen molar-refractivity contribution in [2.45, 2.75) is 64.3 Å². The minimum absolute atomic E-state index is 0.210. The Balaban J connectivity index is 1.45. The lowest BCUT2D eigenvalue weighted by molar-refractivity contribution is -0.135. The molecule has 2 aromatic heterocycles. The lowest BCUT2D eigenvalue weighted by atomic mass is 9.79. The number of nitrogens with one attached hydrogen (secondary N) is 1. The summed E-state index contributed by atoms with van der Waals surface area (Å²) in [6.45, 7) is 2.88. The number of benzene rings is 1. The summed E-state index contributed by atoms with van der Waals surface area (Å²) in [6.07, 6.45) is 8.73. The van der Waals surface area contributed by atoms with Crippen LogP contribution in [0, 0.1) is 12.8 Å². The van der Waals surface area contributed by atoms with Crippen molar-refractivity contribution in [1.82, 2.24) is 14.9 Å². The molecular formula is C24H29N3OS. The van der Waals surface area contributed by atoms with Crippen LogP contribution in [0.25, 0.3) is 10.9 Å². The summed E-state index contributed by atoms with van der Waals surface area (Å²) >= 11 is 1.67. The molecule has 2 aliphatic rings. The third kappa shape index (κ3) is 3.50. The molecule has 3 heterocycles. The third-order valence-electron chi connectivity index (χ3n) is 6.91. The van der Waals surface area contributed by atoms with E-state index >= 15 is 0 Å². The summed E-state index contributed by atoms with van der Waals surface area (Å²) in [5.41, 5.74) is 6.93. The molecule has 1 atom stereocenters. The van der Waals surface area contributed by atoms with Gasteiger partial charge in [-0.05, 0) is 50.2 Å². The molecule has 0 radical (unpaired) electrons. The molecule has 1 amide bonds. The molecule has 1 aliphatic heterocycles. The summed E-state index contributed by atoms with van der Waals surface area (Å²) in [4.78, 5) is 24.9. The van der Waals surface area contributed by atoms with Crippen LogP contribution in [0.15, 0.2) is 29.8 Å². The number of carbonyl (C=O) groups excluding carboxylic acids is 1. The van der Waals surface area contributed by atoms with Gasteiger partial charge < -0.3 is 9.88 Å². The first-order valence-corrected chi connectivity index (χ1v) is 11.9. The highest BCUT2D eigenvalue weighted by atomic mass is 32.1. The van der Waals surface area contributed by atoms with Crippen LogP contribution >= 0.6 is 11.3 Å². The molecule has 5 rings (SSSR count). The maximum atomic E-state index is 13.4. The number of aryl methyl sites for hydroxylation is 2. The lowest BCUT2D eigenvalue weighted by Gasteiger charge is -2.42. The molecule has 152 valence electrons. The molecule has 1 fully saturated rings. The van der Waals surface area contributed by atoms with Crippen molar-refractivity contribution < 1.29 is 4.79 Å². The second kappa shape index (κ2) is 7.94. The number of thiazole rings is 1. The fourth-order valence-electron chi connectivity index (χ4n) is 5.42. The largest absolute Gasteiger partial charge is 0.356 e. The van der Waals surface area contributed by atoms with Gasteiger partial charge >= 0.3 is 0 Å². The Labute approximate surface area is 176 Å². The quantitative estimate of drug-likeness (QED) is 0.614. The predicted octanol–water partition coefficient (Wildman–Crippen LogP) is 5.57. The number of aromatic nitrogens is 2. The molecular weight excluding hydrogens is 378 g/mol. The van der Waals surface area contributed by atoms with Crippen LogP contribution in [-0.2, 0) is 17.6 Å². The second-order valence-corrected chi connectivity index (χ2v) is 9.54. The van der Waals surface area contributed by atoms with E-state index in [2.05, 4.69) is 39.1 Å². The van der Waals surface area contributed by atoms with Crippen molar-refractivity contribution in [3.8, 4) is 0 Å². The molecule has 4 nitrogen and oxygen atoms in total. The van der Waals surface area contributed by atoms with E-state index in [1.165, 1.54) is 59.1 Å². The van der Waals surface area contributed by atoms with E-state index < -0.39 is 0 Å². The number of rotatable bonds is 4. The van der Waals surface area contributed by atoms with Gasteiger partial charge in [0.25, 0.3) is 0 Å². The number of fused-ring (bicyclic) bond motifs is 3. The first-order valence-electron chi connectivity index (χ1n) is 11.0. The van der Waals surface area contributed by atoms with E-state index in [-0.39, 0.29) is 6.04 Å². The smallest absolute Gasteiger partial charge is 0.223 e. The number of hydrogen-bond donors (Lipinski definition) is 1. The van der Waals surface area contributed by atoms with Crippen molar-refractivity contribution in [2.75, 3.05) is 6.54 Å². The summed E-state index contributed by atoms with van der Waals surface area (Å²) in [5.74, 6) is 0.877. The fourth-order valence-corrected chi connectivity index (χ4v) is 6.20. The number of nitrogens with zero attached hydrogens (tertiary/aromatic N) is 2. The molecule has 0 unspecified atom stereocenters. The van der Waals surface area contributed by atoms with Crippen LogP contribution in [0.1, 0.15) is 66.4 Å². The van der Waals surface area contributed by atoms with E-state index in [0.717, 1.165) is 25.1 Å². The summed E-state index contributed by atoms with van der Waals surface area (Å²) in [7, 11) is 0. The molecule has 1 aromatic carbocycles. The van der Waals surface area contributed by atoms with Crippen LogP contribution in [0.3, 0.4) is 0 Å². The lowest BCUT2D eigenvalue weighted by Crippen LogP contribution is -2.43. The first-order chi connectivity index (χ1) is 14.2. The second-order valence-electron chi connectivity index (χ2n) is 8.60. The Hall–Kier alpha value is -2.14. The zero-order valence-electron chi connectivity index (χ0n) is 17.1. The molecule has 0 saturated heterocycles. The topological polar surface area (TPSA) is 49.0 Å². The predicted molar refractivity (Wildman–Crippen MR) is 118 cm³/mol. The maximum absolute atomic E-state index is 13.4. The van der Waals surface area contributed by atoms with Gasteiger partial charge in [0.15, 0.2) is 0 Å². The van der Waals surface area contributed by atoms with Crippen LogP contribution in [0.2, 0.25) is 0 Å². The van der Waals surface area contributed by atoms with E-state index in [1.54, 1.807) is 11.3 Å². The van der Waals surface area contributed by atoms with Crippen LogP contribution < -0.4 is 0 Å². The number of amides is 1. The molecule has 0 bridgehead atoms. The van der Waals surface area contributed by atoms with Gasteiger partial charge in [-0.25, -0.2) is 4.98 Å². The zero-order valence-corrected chi connectivity index (χ0v) is 17.9. The summed E-state index contributed by atoms with van der Waals surface area (Å²) in [6, 6.07) is 8.83. The summed E-state index contributed by atoms with van der Waals surface area (Å²) < 4.78 is 0. The number of para-hydroxylation sites is 1. The Morgan fingerprint density at radius 1 is 1.24 bits per heavy atom. The Kier molecular flexibility index (Phi) is 5.17. The van der Waals surface area contributed by atoms with Crippen molar-refractivity contribution in [3.05, 3.63) is 51.6 Å². The fraction of sp³-hybridized carbons (Fsp3) is 0.500. The van der Waals surface area contributed by atoms with Gasteiger partial charge in [0.1, 0.15) is 0 Å². The minimum atomic E-state index is 0.210. The molecule has 1 saturated carbocycles. The number of H-pyrrole nitrogens is 1.